The fourth-order valence-electron chi connectivity index (χ4n) is 3.25. The summed E-state index contributed by atoms with van der Waals surface area (Å²) in [5.74, 6) is 0.134. The topological polar surface area (TPSA) is 62.2 Å². The molecule has 2 aromatic carbocycles. The highest BCUT2D eigenvalue weighted by molar-refractivity contribution is 7.15. The van der Waals surface area contributed by atoms with Crippen LogP contribution in [0, 0.1) is 13.8 Å². The second-order valence-corrected chi connectivity index (χ2v) is 7.48. The Labute approximate surface area is 150 Å². The molecular weight excluding hydrogens is 332 g/mol. The number of phenols is 1. The third-order valence-corrected chi connectivity index (χ3v) is 5.79. The van der Waals surface area contributed by atoms with E-state index in [9.17, 15) is 9.90 Å². The van der Waals surface area contributed by atoms with Crippen LogP contribution in [0.5, 0.6) is 5.75 Å². The van der Waals surface area contributed by atoms with Gasteiger partial charge in [-0.15, -0.1) is 11.3 Å². The molecule has 2 heterocycles. The molecule has 4 nitrogen and oxygen atoms in total. The number of aryl methyl sites for hydroxylation is 2. The van der Waals surface area contributed by atoms with E-state index in [-0.39, 0.29) is 17.6 Å². The maximum Gasteiger partial charge on any atom is 0.225 e. The smallest absolute Gasteiger partial charge is 0.225 e. The van der Waals surface area contributed by atoms with Gasteiger partial charge >= 0.3 is 0 Å². The van der Waals surface area contributed by atoms with E-state index < -0.39 is 0 Å². The minimum absolute atomic E-state index is 0.0293. The second kappa shape index (κ2) is 6.01. The number of thiazole rings is 1. The van der Waals surface area contributed by atoms with Crippen LogP contribution in [-0.4, -0.2) is 16.0 Å². The van der Waals surface area contributed by atoms with Crippen molar-refractivity contribution >= 4 is 22.9 Å². The number of carbonyl (C=O) groups is 1. The van der Waals surface area contributed by atoms with Gasteiger partial charge in [-0.1, -0.05) is 24.3 Å². The van der Waals surface area contributed by atoms with Crippen molar-refractivity contribution in [2.45, 2.75) is 26.2 Å². The molecule has 0 saturated heterocycles. The van der Waals surface area contributed by atoms with Crippen LogP contribution in [0.25, 0.3) is 10.6 Å². The standard InChI is InChI=1S/C20H18N2O2S/c1-11-5-3-4-6-13(11)20-21-10-18(25-20)15-8-19(24)22-16-9-17(23)12(2)7-14(15)16/h3-7,9-10,15,23H,8H2,1-2H3,(H,22,24). The third kappa shape index (κ3) is 2.81. The molecule has 0 radical (unpaired) electrons. The number of phenolic OH excluding ortho intramolecular Hbond substituents is 1. The lowest BCUT2D eigenvalue weighted by molar-refractivity contribution is -0.116. The number of hydrogen-bond acceptors (Lipinski definition) is 4. The van der Waals surface area contributed by atoms with E-state index in [0.717, 1.165) is 26.6 Å². The monoisotopic (exact) mass is 350 g/mol. The fraction of sp³-hybridized carbons (Fsp3) is 0.200. The van der Waals surface area contributed by atoms with Crippen LogP contribution in [0.1, 0.15) is 33.9 Å². The quantitative estimate of drug-likeness (QED) is 0.710. The predicted molar refractivity (Wildman–Crippen MR) is 100 cm³/mol. The fourth-order valence-corrected chi connectivity index (χ4v) is 4.38. The Balaban J connectivity index is 1.78. The van der Waals surface area contributed by atoms with E-state index in [1.165, 1.54) is 5.56 Å². The summed E-state index contributed by atoms with van der Waals surface area (Å²) < 4.78 is 0. The highest BCUT2D eigenvalue weighted by Crippen LogP contribution is 2.43. The maximum atomic E-state index is 12.1. The van der Waals surface area contributed by atoms with E-state index in [4.69, 9.17) is 0 Å². The van der Waals surface area contributed by atoms with Gasteiger partial charge in [-0.05, 0) is 36.6 Å². The molecule has 2 N–H and O–H groups in total. The molecule has 3 aromatic rings. The molecule has 1 unspecified atom stereocenters. The Morgan fingerprint density at radius 3 is 2.80 bits per heavy atom. The molecule has 4 rings (SSSR count). The van der Waals surface area contributed by atoms with Crippen LogP contribution in [0.15, 0.2) is 42.6 Å². The zero-order valence-corrected chi connectivity index (χ0v) is 14.9. The molecule has 0 saturated carbocycles. The number of carbonyl (C=O) groups excluding carboxylic acids is 1. The van der Waals surface area contributed by atoms with Crippen molar-refractivity contribution in [1.29, 1.82) is 0 Å². The van der Waals surface area contributed by atoms with Gasteiger partial charge in [0.25, 0.3) is 0 Å². The van der Waals surface area contributed by atoms with E-state index in [0.29, 0.717) is 12.1 Å². The molecule has 0 bridgehead atoms. The van der Waals surface area contributed by atoms with E-state index in [1.807, 2.05) is 31.3 Å². The number of anilines is 1. The van der Waals surface area contributed by atoms with Gasteiger partial charge in [0.2, 0.25) is 5.91 Å². The highest BCUT2D eigenvalue weighted by atomic mass is 32.1. The van der Waals surface area contributed by atoms with Crippen molar-refractivity contribution < 1.29 is 9.90 Å². The molecule has 1 aromatic heterocycles. The second-order valence-electron chi connectivity index (χ2n) is 6.41. The van der Waals surface area contributed by atoms with Crippen LogP contribution in [-0.2, 0) is 4.79 Å². The van der Waals surface area contributed by atoms with Gasteiger partial charge in [-0.25, -0.2) is 4.98 Å². The van der Waals surface area contributed by atoms with Crippen molar-refractivity contribution in [2.75, 3.05) is 5.32 Å². The van der Waals surface area contributed by atoms with Gasteiger partial charge in [-0.3, -0.25) is 4.79 Å². The first-order valence-electron chi connectivity index (χ1n) is 8.18. The maximum absolute atomic E-state index is 12.1. The van der Waals surface area contributed by atoms with Gasteiger partial charge in [0.05, 0.1) is 0 Å². The molecule has 126 valence electrons. The Bertz CT molecular complexity index is 978. The number of aromatic hydroxyl groups is 1. The van der Waals surface area contributed by atoms with Gasteiger partial charge in [-0.2, -0.15) is 0 Å². The van der Waals surface area contributed by atoms with Crippen LogP contribution >= 0.6 is 11.3 Å². The van der Waals surface area contributed by atoms with Crippen LogP contribution in [0.3, 0.4) is 0 Å². The number of aromatic nitrogens is 1. The largest absolute Gasteiger partial charge is 0.508 e. The molecule has 1 amide bonds. The predicted octanol–water partition coefficient (Wildman–Crippen LogP) is 4.61. The third-order valence-electron chi connectivity index (χ3n) is 4.65. The normalized spacial score (nSPS) is 16.4. The van der Waals surface area contributed by atoms with Crippen LogP contribution in [0.2, 0.25) is 0 Å². The van der Waals surface area contributed by atoms with E-state index in [2.05, 4.69) is 29.4 Å². The van der Waals surface area contributed by atoms with Crippen molar-refractivity contribution in [1.82, 2.24) is 4.98 Å². The van der Waals surface area contributed by atoms with E-state index >= 15 is 0 Å². The van der Waals surface area contributed by atoms with Crippen LogP contribution < -0.4 is 5.32 Å². The Kier molecular flexibility index (Phi) is 3.81. The minimum atomic E-state index is -0.0356. The minimum Gasteiger partial charge on any atom is -0.508 e. The van der Waals surface area contributed by atoms with Gasteiger partial charge < -0.3 is 10.4 Å². The van der Waals surface area contributed by atoms with Crippen molar-refractivity contribution in [2.24, 2.45) is 0 Å². The Morgan fingerprint density at radius 1 is 1.20 bits per heavy atom. The summed E-state index contributed by atoms with van der Waals surface area (Å²) >= 11 is 1.63. The van der Waals surface area contributed by atoms with Crippen molar-refractivity contribution in [3.63, 3.8) is 0 Å². The lowest BCUT2D eigenvalue weighted by Crippen LogP contribution is -2.23. The first-order chi connectivity index (χ1) is 12.0. The Hall–Kier alpha value is -2.66. The molecule has 0 spiro atoms. The molecule has 5 heteroatoms. The molecule has 25 heavy (non-hydrogen) atoms. The molecule has 0 fully saturated rings. The highest BCUT2D eigenvalue weighted by Gasteiger charge is 2.29. The van der Waals surface area contributed by atoms with Gasteiger partial charge in [0.1, 0.15) is 10.8 Å². The summed E-state index contributed by atoms with van der Waals surface area (Å²) in [6.45, 7) is 3.94. The first kappa shape index (κ1) is 15.8. The lowest BCUT2D eigenvalue weighted by Gasteiger charge is -2.25. The number of nitrogens with zero attached hydrogens (tertiary/aromatic N) is 1. The number of benzene rings is 2. The number of fused-ring (bicyclic) bond motifs is 1. The Morgan fingerprint density at radius 2 is 2.00 bits per heavy atom. The van der Waals surface area contributed by atoms with Crippen LogP contribution in [0.4, 0.5) is 5.69 Å². The number of hydrogen-bond donors (Lipinski definition) is 2. The van der Waals surface area contributed by atoms with Gasteiger partial charge in [0.15, 0.2) is 0 Å². The average Bonchev–Trinajstić information content (AvgIpc) is 3.06. The molecular formula is C20H18N2O2S. The first-order valence-corrected chi connectivity index (χ1v) is 8.99. The zero-order chi connectivity index (χ0) is 17.6. The summed E-state index contributed by atoms with van der Waals surface area (Å²) in [7, 11) is 0. The van der Waals surface area contributed by atoms with Gasteiger partial charge in [0, 0.05) is 40.7 Å². The number of nitrogens with one attached hydrogen (secondary N) is 1. The summed E-state index contributed by atoms with van der Waals surface area (Å²) in [6.07, 6.45) is 2.27. The summed E-state index contributed by atoms with van der Waals surface area (Å²) in [5, 5.41) is 13.8. The van der Waals surface area contributed by atoms with Crippen molar-refractivity contribution in [3.05, 3.63) is 64.2 Å². The average molecular weight is 350 g/mol. The zero-order valence-electron chi connectivity index (χ0n) is 14.0. The lowest BCUT2D eigenvalue weighted by atomic mass is 9.88. The number of rotatable bonds is 2. The molecule has 1 atom stereocenters. The summed E-state index contributed by atoms with van der Waals surface area (Å²) in [6, 6.07) is 11.8. The molecule has 1 aliphatic rings. The SMILES string of the molecule is Cc1cc2c(cc1O)NC(=O)CC2c1cnc(-c2ccccc2C)s1. The molecule has 0 aliphatic carbocycles. The van der Waals surface area contributed by atoms with E-state index in [1.54, 1.807) is 17.4 Å². The summed E-state index contributed by atoms with van der Waals surface area (Å²) in [5.41, 5.74) is 4.85. The number of amides is 1. The molecule has 1 aliphatic heterocycles. The van der Waals surface area contributed by atoms with Crippen molar-refractivity contribution in [3.8, 4) is 16.3 Å². The summed E-state index contributed by atoms with van der Waals surface area (Å²) in [4.78, 5) is 17.8.